The maximum atomic E-state index is 14.3. The summed E-state index contributed by atoms with van der Waals surface area (Å²) in [5.74, 6) is -0.350. The van der Waals surface area contributed by atoms with E-state index in [1.54, 1.807) is 6.07 Å². The number of esters is 1. The molecule has 0 radical (unpaired) electrons. The van der Waals surface area contributed by atoms with E-state index in [0.29, 0.717) is 31.1 Å². The lowest BCUT2D eigenvalue weighted by atomic mass is 9.91. The third kappa shape index (κ3) is 5.45. The lowest BCUT2D eigenvalue weighted by Gasteiger charge is -2.26. The van der Waals surface area contributed by atoms with Crippen LogP contribution in [0.2, 0.25) is 0 Å². The average molecular weight is 464 g/mol. The molecule has 4 rings (SSSR count). The van der Waals surface area contributed by atoms with Crippen LogP contribution in [-0.4, -0.2) is 24.7 Å². The number of fused-ring (bicyclic) bond motifs is 1. The van der Waals surface area contributed by atoms with Gasteiger partial charge in [0.1, 0.15) is 5.82 Å². The fraction of sp³-hybridized carbons (Fsp3) is 0.357. The molecule has 5 nitrogen and oxygen atoms in total. The minimum atomic E-state index is -0.392. The summed E-state index contributed by atoms with van der Waals surface area (Å²) in [4.78, 5) is 16.0. The number of rotatable bonds is 8. The molecule has 3 aromatic rings. The Morgan fingerprint density at radius 1 is 1.18 bits per heavy atom. The SMILES string of the molecule is CCCOC(=O)C(C)Cc1ccc2c(c1)C[C@@H](c1ccc(-c3cc(OC)ncc3F)cc1)OC2. The smallest absolute Gasteiger partial charge is 0.308 e. The standard InChI is InChI=1S/C28H30FNO4/c1-4-11-33-28(31)18(2)12-19-5-6-22-17-34-26(14-23(22)13-19)21-9-7-20(8-10-21)24-15-27(32-3)30-16-25(24)29/h5-10,13,15-16,18,26H,4,11-12,14,17H2,1-3H3/t18?,26-/m0/s1. The molecule has 0 fully saturated rings. The predicted molar refractivity (Wildman–Crippen MR) is 128 cm³/mol. The Morgan fingerprint density at radius 3 is 2.71 bits per heavy atom. The summed E-state index contributed by atoms with van der Waals surface area (Å²) in [6, 6.07) is 15.7. The zero-order valence-electron chi connectivity index (χ0n) is 19.8. The minimum absolute atomic E-state index is 0.0828. The highest BCUT2D eigenvalue weighted by atomic mass is 19.1. The molecule has 178 valence electrons. The maximum Gasteiger partial charge on any atom is 0.308 e. The van der Waals surface area contributed by atoms with E-state index in [1.165, 1.54) is 24.4 Å². The molecule has 0 bridgehead atoms. The number of carbonyl (C=O) groups excluding carboxylic acids is 1. The van der Waals surface area contributed by atoms with Crippen LogP contribution in [0, 0.1) is 11.7 Å². The summed E-state index contributed by atoms with van der Waals surface area (Å²) in [7, 11) is 1.51. The van der Waals surface area contributed by atoms with E-state index in [1.807, 2.05) is 38.1 Å². The highest BCUT2D eigenvalue weighted by Crippen LogP contribution is 2.33. The van der Waals surface area contributed by atoms with Crippen LogP contribution in [0.4, 0.5) is 4.39 Å². The lowest BCUT2D eigenvalue weighted by molar-refractivity contribution is -0.147. The number of halogens is 1. The van der Waals surface area contributed by atoms with Gasteiger partial charge in [-0.05, 0) is 40.7 Å². The first-order valence-corrected chi connectivity index (χ1v) is 11.7. The number of hydrogen-bond acceptors (Lipinski definition) is 5. The van der Waals surface area contributed by atoms with Crippen LogP contribution < -0.4 is 4.74 Å². The molecule has 2 aromatic carbocycles. The van der Waals surface area contributed by atoms with Crippen molar-refractivity contribution >= 4 is 5.97 Å². The lowest BCUT2D eigenvalue weighted by Crippen LogP contribution is -2.19. The molecule has 2 atom stereocenters. The Hall–Kier alpha value is -3.25. The van der Waals surface area contributed by atoms with Gasteiger partial charge in [-0.25, -0.2) is 9.37 Å². The van der Waals surface area contributed by atoms with Crippen LogP contribution in [0.5, 0.6) is 5.88 Å². The normalized spacial score (nSPS) is 15.9. The zero-order chi connectivity index (χ0) is 24.1. The number of pyridine rings is 1. The van der Waals surface area contributed by atoms with E-state index >= 15 is 0 Å². The van der Waals surface area contributed by atoms with Crippen LogP contribution >= 0.6 is 0 Å². The highest BCUT2D eigenvalue weighted by Gasteiger charge is 2.22. The summed E-state index contributed by atoms with van der Waals surface area (Å²) >= 11 is 0. The van der Waals surface area contributed by atoms with Gasteiger partial charge in [0.25, 0.3) is 0 Å². The van der Waals surface area contributed by atoms with Crippen LogP contribution in [0.25, 0.3) is 11.1 Å². The van der Waals surface area contributed by atoms with Crippen LogP contribution in [0.15, 0.2) is 54.7 Å². The summed E-state index contributed by atoms with van der Waals surface area (Å²) < 4.78 is 30.8. The monoisotopic (exact) mass is 463 g/mol. The van der Waals surface area contributed by atoms with Crippen molar-refractivity contribution in [1.82, 2.24) is 4.98 Å². The number of hydrogen-bond donors (Lipinski definition) is 0. The predicted octanol–water partition coefficient (Wildman–Crippen LogP) is 5.84. The number of benzene rings is 2. The molecule has 0 aliphatic carbocycles. The van der Waals surface area contributed by atoms with Gasteiger partial charge in [0.2, 0.25) is 5.88 Å². The molecule has 0 saturated carbocycles. The van der Waals surface area contributed by atoms with Gasteiger partial charge < -0.3 is 14.2 Å². The van der Waals surface area contributed by atoms with Crippen molar-refractivity contribution in [2.75, 3.05) is 13.7 Å². The van der Waals surface area contributed by atoms with Crippen molar-refractivity contribution in [2.45, 2.75) is 45.8 Å². The molecule has 0 saturated heterocycles. The zero-order valence-corrected chi connectivity index (χ0v) is 19.8. The molecule has 0 amide bonds. The summed E-state index contributed by atoms with van der Waals surface area (Å²) in [6.07, 6.45) is 3.31. The fourth-order valence-electron chi connectivity index (χ4n) is 4.21. The highest BCUT2D eigenvalue weighted by molar-refractivity contribution is 5.72. The van der Waals surface area contributed by atoms with Gasteiger partial charge in [-0.1, -0.05) is 56.3 Å². The van der Waals surface area contributed by atoms with Crippen molar-refractivity contribution in [3.63, 3.8) is 0 Å². The molecule has 0 spiro atoms. The molecule has 1 aromatic heterocycles. The van der Waals surface area contributed by atoms with E-state index < -0.39 is 5.82 Å². The number of ether oxygens (including phenoxy) is 3. The molecule has 1 aliphatic rings. The largest absolute Gasteiger partial charge is 0.481 e. The molecular formula is C28H30FNO4. The molecule has 6 heteroatoms. The minimum Gasteiger partial charge on any atom is -0.481 e. The van der Waals surface area contributed by atoms with Crippen LogP contribution in [0.1, 0.15) is 48.6 Å². The van der Waals surface area contributed by atoms with E-state index in [4.69, 9.17) is 14.2 Å². The van der Waals surface area contributed by atoms with Gasteiger partial charge in [-0.2, -0.15) is 0 Å². The quantitative estimate of drug-likeness (QED) is 0.393. The number of nitrogens with zero attached hydrogens (tertiary/aromatic N) is 1. The van der Waals surface area contributed by atoms with Gasteiger partial charge in [-0.15, -0.1) is 0 Å². The molecule has 0 N–H and O–H groups in total. The summed E-state index contributed by atoms with van der Waals surface area (Å²) in [5.41, 5.74) is 5.77. The maximum absolute atomic E-state index is 14.3. The third-order valence-corrected chi connectivity index (χ3v) is 6.14. The van der Waals surface area contributed by atoms with Crippen LogP contribution in [-0.2, 0) is 33.7 Å². The summed E-state index contributed by atoms with van der Waals surface area (Å²) in [6.45, 7) is 4.90. The third-order valence-electron chi connectivity index (χ3n) is 6.14. The average Bonchev–Trinajstić information content (AvgIpc) is 2.87. The summed E-state index contributed by atoms with van der Waals surface area (Å²) in [5, 5.41) is 0. The van der Waals surface area contributed by atoms with Gasteiger partial charge in [0.15, 0.2) is 0 Å². The van der Waals surface area contributed by atoms with E-state index in [9.17, 15) is 9.18 Å². The Bertz CT molecular complexity index is 1150. The molecule has 34 heavy (non-hydrogen) atoms. The first kappa shape index (κ1) is 23.9. The first-order chi connectivity index (χ1) is 16.5. The second-order valence-corrected chi connectivity index (χ2v) is 8.71. The van der Waals surface area contributed by atoms with E-state index in [2.05, 4.69) is 23.2 Å². The van der Waals surface area contributed by atoms with Gasteiger partial charge >= 0.3 is 5.97 Å². The van der Waals surface area contributed by atoms with Gasteiger partial charge in [-0.3, -0.25) is 4.79 Å². The fourth-order valence-corrected chi connectivity index (χ4v) is 4.21. The first-order valence-electron chi connectivity index (χ1n) is 11.7. The van der Waals surface area contributed by atoms with Crippen LogP contribution in [0.3, 0.4) is 0 Å². The van der Waals surface area contributed by atoms with Crippen molar-refractivity contribution in [3.8, 4) is 17.0 Å². The Kier molecular flexibility index (Phi) is 7.58. The number of carbonyl (C=O) groups is 1. The molecule has 1 unspecified atom stereocenters. The molecular weight excluding hydrogens is 433 g/mol. The number of methoxy groups -OCH3 is 1. The Balaban J connectivity index is 1.46. The second-order valence-electron chi connectivity index (χ2n) is 8.71. The van der Waals surface area contributed by atoms with Crippen molar-refractivity contribution in [1.29, 1.82) is 0 Å². The van der Waals surface area contributed by atoms with Crippen molar-refractivity contribution < 1.29 is 23.4 Å². The second kappa shape index (κ2) is 10.8. The molecule has 2 heterocycles. The van der Waals surface area contributed by atoms with E-state index in [-0.39, 0.29) is 18.0 Å². The Labute approximate surface area is 199 Å². The Morgan fingerprint density at radius 2 is 1.97 bits per heavy atom. The topological polar surface area (TPSA) is 57.7 Å². The van der Waals surface area contributed by atoms with Crippen molar-refractivity contribution in [2.24, 2.45) is 5.92 Å². The number of aromatic nitrogens is 1. The van der Waals surface area contributed by atoms with Gasteiger partial charge in [0.05, 0.1) is 38.5 Å². The van der Waals surface area contributed by atoms with E-state index in [0.717, 1.165) is 29.5 Å². The van der Waals surface area contributed by atoms with Crippen molar-refractivity contribution in [3.05, 3.63) is 82.8 Å². The van der Waals surface area contributed by atoms with Gasteiger partial charge in [0, 0.05) is 18.1 Å². The molecule has 1 aliphatic heterocycles.